The van der Waals surface area contributed by atoms with Gasteiger partial charge in [0.2, 0.25) is 10.9 Å². The van der Waals surface area contributed by atoms with Crippen molar-refractivity contribution < 1.29 is 4.39 Å². The summed E-state index contributed by atoms with van der Waals surface area (Å²) in [4.78, 5) is 23.5. The van der Waals surface area contributed by atoms with Gasteiger partial charge < -0.3 is 0 Å². The van der Waals surface area contributed by atoms with Gasteiger partial charge in [0.15, 0.2) is 0 Å². The van der Waals surface area contributed by atoms with Crippen LogP contribution in [0.25, 0.3) is 22.3 Å². The van der Waals surface area contributed by atoms with Gasteiger partial charge in [-0.25, -0.2) is 4.39 Å². The second-order valence-electron chi connectivity index (χ2n) is 4.28. The molecule has 2 nitrogen and oxygen atoms in total. The number of hydrogen-bond donors (Lipinski definition) is 0. The summed E-state index contributed by atoms with van der Waals surface area (Å²) >= 11 is 0. The first kappa shape index (κ1) is 11.5. The Balaban J connectivity index is 2.19. The Bertz CT molecular complexity index is 795. The van der Waals surface area contributed by atoms with E-state index in [0.29, 0.717) is 22.3 Å². The van der Waals surface area contributed by atoms with Crippen LogP contribution in [0.2, 0.25) is 0 Å². The maximum absolute atomic E-state index is 12.9. The van der Waals surface area contributed by atoms with E-state index in [-0.39, 0.29) is 5.82 Å². The van der Waals surface area contributed by atoms with Crippen molar-refractivity contribution >= 4 is 0 Å². The molecule has 0 aliphatic rings. The van der Waals surface area contributed by atoms with E-state index in [1.807, 2.05) is 6.07 Å². The molecule has 3 rings (SSSR count). The normalized spacial score (nSPS) is 10.8. The molecule has 0 aromatic heterocycles. The molecule has 0 fully saturated rings. The Morgan fingerprint density at radius 1 is 0.632 bits per heavy atom. The van der Waals surface area contributed by atoms with E-state index < -0.39 is 10.9 Å². The van der Waals surface area contributed by atoms with Crippen LogP contribution in [0.3, 0.4) is 0 Å². The SMILES string of the molecule is O=c1c(-c2ccccc2)c(-c2ccc(F)cc2)c1=O. The predicted octanol–water partition coefficient (Wildman–Crippen LogP) is 2.76. The van der Waals surface area contributed by atoms with Crippen LogP contribution in [0.5, 0.6) is 0 Å². The monoisotopic (exact) mass is 252 g/mol. The van der Waals surface area contributed by atoms with Gasteiger partial charge in [0.1, 0.15) is 5.82 Å². The first-order chi connectivity index (χ1) is 9.18. The van der Waals surface area contributed by atoms with Crippen molar-refractivity contribution in [2.75, 3.05) is 0 Å². The molecular weight excluding hydrogens is 243 g/mol. The topological polar surface area (TPSA) is 34.1 Å². The van der Waals surface area contributed by atoms with Crippen LogP contribution >= 0.6 is 0 Å². The summed E-state index contributed by atoms with van der Waals surface area (Å²) in [6.07, 6.45) is 0. The maximum Gasteiger partial charge on any atom is 0.234 e. The number of rotatable bonds is 2. The molecule has 0 bridgehead atoms. The molecule has 0 radical (unpaired) electrons. The maximum atomic E-state index is 12.9. The fourth-order valence-electron chi connectivity index (χ4n) is 2.16. The summed E-state index contributed by atoms with van der Waals surface area (Å²) in [6, 6.07) is 14.6. The fraction of sp³-hybridized carbons (Fsp3) is 0. The standard InChI is InChI=1S/C16H9FO2/c17-12-8-6-11(7-9-12)14-13(15(18)16(14)19)10-4-2-1-3-5-10/h1-9H. The van der Waals surface area contributed by atoms with Gasteiger partial charge in [-0.05, 0) is 23.3 Å². The Morgan fingerprint density at radius 2 is 1.11 bits per heavy atom. The summed E-state index contributed by atoms with van der Waals surface area (Å²) in [5.41, 5.74) is 1.08. The minimum atomic E-state index is -0.509. The zero-order valence-corrected chi connectivity index (χ0v) is 9.89. The highest BCUT2D eigenvalue weighted by Gasteiger charge is 2.22. The third kappa shape index (κ3) is 1.80. The molecule has 0 saturated carbocycles. The third-order valence-electron chi connectivity index (χ3n) is 3.11. The minimum absolute atomic E-state index is 0.371. The zero-order valence-electron chi connectivity index (χ0n) is 9.89. The van der Waals surface area contributed by atoms with Crippen molar-refractivity contribution in [2.45, 2.75) is 0 Å². The lowest BCUT2D eigenvalue weighted by Gasteiger charge is -2.11. The highest BCUT2D eigenvalue weighted by molar-refractivity contribution is 5.86. The van der Waals surface area contributed by atoms with Crippen LogP contribution in [0.1, 0.15) is 0 Å². The van der Waals surface area contributed by atoms with E-state index >= 15 is 0 Å². The smallest absolute Gasteiger partial charge is 0.234 e. The summed E-state index contributed by atoms with van der Waals surface area (Å²) in [6.45, 7) is 0. The van der Waals surface area contributed by atoms with Gasteiger partial charge in [-0.3, -0.25) is 9.59 Å². The molecule has 0 spiro atoms. The van der Waals surface area contributed by atoms with Crippen LogP contribution in [-0.4, -0.2) is 0 Å². The average molecular weight is 252 g/mol. The van der Waals surface area contributed by atoms with Crippen molar-refractivity contribution in [3.05, 3.63) is 80.9 Å². The van der Waals surface area contributed by atoms with Gasteiger partial charge in [0, 0.05) is 11.1 Å². The molecule has 92 valence electrons. The molecule has 0 N–H and O–H groups in total. The molecule has 0 unspecified atom stereocenters. The number of hydrogen-bond acceptors (Lipinski definition) is 2. The Labute approximate surface area is 108 Å². The predicted molar refractivity (Wildman–Crippen MR) is 72.2 cm³/mol. The highest BCUT2D eigenvalue weighted by Crippen LogP contribution is 2.28. The molecule has 19 heavy (non-hydrogen) atoms. The molecule has 0 amide bonds. The summed E-state index contributed by atoms with van der Waals surface area (Å²) in [5, 5.41) is 0. The van der Waals surface area contributed by atoms with Gasteiger partial charge >= 0.3 is 0 Å². The van der Waals surface area contributed by atoms with Crippen LogP contribution < -0.4 is 10.9 Å². The molecule has 0 atom stereocenters. The number of halogens is 1. The van der Waals surface area contributed by atoms with E-state index in [0.717, 1.165) is 0 Å². The molecular formula is C16H9FO2. The van der Waals surface area contributed by atoms with Gasteiger partial charge in [-0.1, -0.05) is 42.5 Å². The first-order valence-corrected chi connectivity index (χ1v) is 5.83. The highest BCUT2D eigenvalue weighted by atomic mass is 19.1. The molecule has 0 aliphatic heterocycles. The molecule has 3 aromatic carbocycles. The van der Waals surface area contributed by atoms with E-state index in [2.05, 4.69) is 0 Å². The van der Waals surface area contributed by atoms with E-state index in [1.54, 1.807) is 24.3 Å². The minimum Gasteiger partial charge on any atom is -0.285 e. The molecule has 0 saturated heterocycles. The Kier molecular flexibility index (Phi) is 2.60. The molecule has 3 aromatic rings. The van der Waals surface area contributed by atoms with Crippen molar-refractivity contribution in [3.8, 4) is 22.3 Å². The van der Waals surface area contributed by atoms with E-state index in [4.69, 9.17) is 0 Å². The van der Waals surface area contributed by atoms with E-state index in [1.165, 1.54) is 24.3 Å². The van der Waals surface area contributed by atoms with Crippen LogP contribution in [0.4, 0.5) is 4.39 Å². The third-order valence-corrected chi connectivity index (χ3v) is 3.11. The van der Waals surface area contributed by atoms with Crippen LogP contribution in [0.15, 0.2) is 64.2 Å². The lowest BCUT2D eigenvalue weighted by atomic mass is 9.89. The van der Waals surface area contributed by atoms with Gasteiger partial charge in [0.25, 0.3) is 0 Å². The molecule has 0 aliphatic carbocycles. The second-order valence-corrected chi connectivity index (χ2v) is 4.28. The van der Waals surface area contributed by atoms with Crippen LogP contribution in [0, 0.1) is 5.82 Å². The van der Waals surface area contributed by atoms with Crippen molar-refractivity contribution in [3.63, 3.8) is 0 Å². The fourth-order valence-corrected chi connectivity index (χ4v) is 2.16. The van der Waals surface area contributed by atoms with Crippen molar-refractivity contribution in [1.29, 1.82) is 0 Å². The lowest BCUT2D eigenvalue weighted by molar-refractivity contribution is 0.628. The first-order valence-electron chi connectivity index (χ1n) is 5.83. The number of benzene rings is 2. The molecule has 3 heteroatoms. The quantitative estimate of drug-likeness (QED) is 0.657. The zero-order chi connectivity index (χ0) is 13.4. The van der Waals surface area contributed by atoms with Gasteiger partial charge in [-0.15, -0.1) is 0 Å². The Morgan fingerprint density at radius 3 is 1.63 bits per heavy atom. The Hall–Kier alpha value is -2.55. The van der Waals surface area contributed by atoms with E-state index in [9.17, 15) is 14.0 Å². The average Bonchev–Trinajstić information content (AvgIpc) is 2.46. The van der Waals surface area contributed by atoms with Gasteiger partial charge in [0.05, 0.1) is 0 Å². The summed E-state index contributed by atoms with van der Waals surface area (Å²) in [7, 11) is 0. The largest absolute Gasteiger partial charge is 0.285 e. The van der Waals surface area contributed by atoms with Crippen LogP contribution in [-0.2, 0) is 0 Å². The van der Waals surface area contributed by atoms with Crippen molar-refractivity contribution in [2.24, 2.45) is 0 Å². The molecule has 0 heterocycles. The summed E-state index contributed by atoms with van der Waals surface area (Å²) < 4.78 is 12.9. The summed E-state index contributed by atoms with van der Waals surface area (Å²) in [5.74, 6) is -0.372. The van der Waals surface area contributed by atoms with Gasteiger partial charge in [-0.2, -0.15) is 0 Å². The second kappa shape index (κ2) is 4.28. The van der Waals surface area contributed by atoms with Crippen molar-refractivity contribution in [1.82, 2.24) is 0 Å². The lowest BCUT2D eigenvalue weighted by Crippen LogP contribution is -2.34.